The predicted octanol–water partition coefficient (Wildman–Crippen LogP) is 5.26. The molecular formula is C26H23N3O2S. The number of fused-ring (bicyclic) bond motifs is 1. The standard InChI is InChI=1S/C26H23N3O2S/c30-17-23-15-26(28-25-9-10-27-16-24(23)25)22-7-5-21(6-8-22)20-3-1-19(2-4-20)18-32-29-11-13-31-14-12-29/h1-10,15-17H,11-14,18H2. The summed E-state index contributed by atoms with van der Waals surface area (Å²) in [6.07, 6.45) is 4.24. The Morgan fingerprint density at radius 3 is 2.34 bits per heavy atom. The summed E-state index contributed by atoms with van der Waals surface area (Å²) in [6.45, 7) is 3.63. The summed E-state index contributed by atoms with van der Waals surface area (Å²) in [7, 11) is 0. The lowest BCUT2D eigenvalue weighted by molar-refractivity contribution is 0.0773. The van der Waals surface area contributed by atoms with Crippen LogP contribution in [0.3, 0.4) is 0 Å². The zero-order valence-electron chi connectivity index (χ0n) is 17.6. The summed E-state index contributed by atoms with van der Waals surface area (Å²) in [5.41, 5.74) is 6.80. The normalized spacial score (nSPS) is 14.5. The first-order valence-corrected chi connectivity index (χ1v) is 11.6. The number of morpholine rings is 1. The third-order valence-electron chi connectivity index (χ3n) is 5.62. The zero-order chi connectivity index (χ0) is 21.8. The Labute approximate surface area is 191 Å². The van der Waals surface area contributed by atoms with Crippen LogP contribution in [0.4, 0.5) is 0 Å². The van der Waals surface area contributed by atoms with Crippen LogP contribution >= 0.6 is 11.9 Å². The van der Waals surface area contributed by atoms with Crippen molar-refractivity contribution >= 4 is 29.1 Å². The SMILES string of the molecule is O=Cc1cc(-c2ccc(-c3ccc(CSN4CCOCC4)cc3)cc2)nc2ccncc12. The van der Waals surface area contributed by atoms with Gasteiger partial charge in [0.25, 0.3) is 0 Å². The smallest absolute Gasteiger partial charge is 0.150 e. The van der Waals surface area contributed by atoms with Crippen molar-refractivity contribution in [3.8, 4) is 22.4 Å². The van der Waals surface area contributed by atoms with E-state index in [1.807, 2.05) is 24.1 Å². The number of aldehydes is 1. The predicted molar refractivity (Wildman–Crippen MR) is 129 cm³/mol. The lowest BCUT2D eigenvalue weighted by atomic mass is 10.0. The van der Waals surface area contributed by atoms with Crippen LogP contribution in [0.2, 0.25) is 0 Å². The van der Waals surface area contributed by atoms with Gasteiger partial charge < -0.3 is 4.74 Å². The molecule has 0 radical (unpaired) electrons. The van der Waals surface area contributed by atoms with Crippen LogP contribution in [0.15, 0.2) is 73.1 Å². The van der Waals surface area contributed by atoms with Crippen LogP contribution in [0, 0.1) is 0 Å². The molecule has 5 rings (SSSR count). The highest BCUT2D eigenvalue weighted by molar-refractivity contribution is 7.96. The number of carbonyl (C=O) groups is 1. The molecule has 2 aromatic carbocycles. The lowest BCUT2D eigenvalue weighted by Gasteiger charge is -2.25. The second-order valence-corrected chi connectivity index (χ2v) is 8.76. The summed E-state index contributed by atoms with van der Waals surface area (Å²) in [5.74, 6) is 0.974. The molecule has 1 saturated heterocycles. The fraction of sp³-hybridized carbons (Fsp3) is 0.192. The van der Waals surface area contributed by atoms with Crippen molar-refractivity contribution in [3.05, 3.63) is 84.2 Å². The molecule has 0 amide bonds. The monoisotopic (exact) mass is 441 g/mol. The van der Waals surface area contributed by atoms with Crippen molar-refractivity contribution in [3.63, 3.8) is 0 Å². The number of ether oxygens (including phenoxy) is 1. The second-order valence-electron chi connectivity index (χ2n) is 7.70. The Balaban J connectivity index is 1.31. The molecule has 0 atom stereocenters. The van der Waals surface area contributed by atoms with E-state index in [9.17, 15) is 4.79 Å². The van der Waals surface area contributed by atoms with E-state index in [0.717, 1.165) is 66.1 Å². The summed E-state index contributed by atoms with van der Waals surface area (Å²) >= 11 is 1.87. The number of benzene rings is 2. The average Bonchev–Trinajstić information content (AvgIpc) is 2.88. The zero-order valence-corrected chi connectivity index (χ0v) is 18.4. The molecule has 1 fully saturated rings. The minimum atomic E-state index is 0.604. The van der Waals surface area contributed by atoms with Gasteiger partial charge in [0, 0.05) is 47.7 Å². The molecule has 4 aromatic rings. The molecule has 1 aliphatic rings. The average molecular weight is 442 g/mol. The first-order chi connectivity index (χ1) is 15.8. The van der Waals surface area contributed by atoms with E-state index >= 15 is 0 Å². The lowest BCUT2D eigenvalue weighted by Crippen LogP contribution is -2.31. The van der Waals surface area contributed by atoms with Crippen molar-refractivity contribution < 1.29 is 9.53 Å². The van der Waals surface area contributed by atoms with Crippen LogP contribution in [-0.4, -0.2) is 46.9 Å². The molecule has 3 heterocycles. The molecule has 0 bridgehead atoms. The molecule has 6 heteroatoms. The number of hydrogen-bond donors (Lipinski definition) is 0. The van der Waals surface area contributed by atoms with E-state index in [1.165, 1.54) is 11.1 Å². The molecule has 0 unspecified atom stereocenters. The van der Waals surface area contributed by atoms with Gasteiger partial charge in [0.05, 0.1) is 24.4 Å². The Hall–Kier alpha value is -3.06. The Morgan fingerprint density at radius 1 is 0.938 bits per heavy atom. The number of aromatic nitrogens is 2. The minimum Gasteiger partial charge on any atom is -0.379 e. The van der Waals surface area contributed by atoms with Gasteiger partial charge in [0.2, 0.25) is 0 Å². The molecule has 0 spiro atoms. The van der Waals surface area contributed by atoms with Crippen molar-refractivity contribution in [2.24, 2.45) is 0 Å². The summed E-state index contributed by atoms with van der Waals surface area (Å²) in [4.78, 5) is 20.4. The Bertz CT molecular complexity index is 1220. The van der Waals surface area contributed by atoms with Crippen molar-refractivity contribution in [2.45, 2.75) is 5.75 Å². The fourth-order valence-corrected chi connectivity index (χ4v) is 4.74. The van der Waals surface area contributed by atoms with Crippen LogP contribution in [0.1, 0.15) is 15.9 Å². The molecule has 1 aliphatic heterocycles. The van der Waals surface area contributed by atoms with Gasteiger partial charge in [-0.1, -0.05) is 60.5 Å². The Kier molecular flexibility index (Phi) is 6.25. The quantitative estimate of drug-likeness (QED) is 0.301. The van der Waals surface area contributed by atoms with Crippen LogP contribution in [0.25, 0.3) is 33.3 Å². The minimum absolute atomic E-state index is 0.604. The number of nitrogens with zero attached hydrogens (tertiary/aromatic N) is 3. The van der Waals surface area contributed by atoms with Gasteiger partial charge in [0.15, 0.2) is 6.29 Å². The van der Waals surface area contributed by atoms with Gasteiger partial charge in [-0.2, -0.15) is 0 Å². The third kappa shape index (κ3) is 4.58. The molecular weight excluding hydrogens is 418 g/mol. The van der Waals surface area contributed by atoms with Gasteiger partial charge >= 0.3 is 0 Å². The molecule has 32 heavy (non-hydrogen) atoms. The van der Waals surface area contributed by atoms with E-state index in [4.69, 9.17) is 9.72 Å². The number of rotatable bonds is 6. The first kappa shape index (κ1) is 20.8. The highest BCUT2D eigenvalue weighted by Gasteiger charge is 2.11. The van der Waals surface area contributed by atoms with E-state index in [2.05, 4.69) is 57.8 Å². The van der Waals surface area contributed by atoms with Crippen molar-refractivity contribution in [2.75, 3.05) is 26.3 Å². The molecule has 160 valence electrons. The number of hydrogen-bond acceptors (Lipinski definition) is 6. The molecule has 0 aliphatic carbocycles. The fourth-order valence-electron chi connectivity index (χ4n) is 3.81. The molecule has 5 nitrogen and oxygen atoms in total. The topological polar surface area (TPSA) is 55.3 Å². The number of pyridine rings is 2. The molecule has 0 N–H and O–H groups in total. The summed E-state index contributed by atoms with van der Waals surface area (Å²) < 4.78 is 7.79. The summed E-state index contributed by atoms with van der Waals surface area (Å²) in [6, 6.07) is 20.7. The van der Waals surface area contributed by atoms with Crippen LogP contribution in [-0.2, 0) is 10.5 Å². The highest BCUT2D eigenvalue weighted by atomic mass is 32.2. The van der Waals surface area contributed by atoms with Gasteiger partial charge in [-0.05, 0) is 28.8 Å². The van der Waals surface area contributed by atoms with Gasteiger partial charge in [-0.15, -0.1) is 0 Å². The maximum absolute atomic E-state index is 11.5. The van der Waals surface area contributed by atoms with Gasteiger partial charge in [-0.25, -0.2) is 9.29 Å². The first-order valence-electron chi connectivity index (χ1n) is 10.7. The Morgan fingerprint density at radius 2 is 1.62 bits per heavy atom. The van der Waals surface area contributed by atoms with Gasteiger partial charge in [0.1, 0.15) is 0 Å². The molecule has 0 saturated carbocycles. The largest absolute Gasteiger partial charge is 0.379 e. The third-order valence-corrected chi connectivity index (χ3v) is 6.81. The maximum Gasteiger partial charge on any atom is 0.150 e. The number of carbonyl (C=O) groups excluding carboxylic acids is 1. The second kappa shape index (κ2) is 9.61. The maximum atomic E-state index is 11.5. The van der Waals surface area contributed by atoms with E-state index in [-0.39, 0.29) is 0 Å². The molecule has 2 aromatic heterocycles. The van der Waals surface area contributed by atoms with Crippen molar-refractivity contribution in [1.82, 2.24) is 14.3 Å². The van der Waals surface area contributed by atoms with Crippen LogP contribution in [0.5, 0.6) is 0 Å². The van der Waals surface area contributed by atoms with Gasteiger partial charge in [-0.3, -0.25) is 9.78 Å². The van der Waals surface area contributed by atoms with Crippen molar-refractivity contribution in [1.29, 1.82) is 0 Å². The van der Waals surface area contributed by atoms with Crippen LogP contribution < -0.4 is 0 Å². The highest BCUT2D eigenvalue weighted by Crippen LogP contribution is 2.27. The summed E-state index contributed by atoms with van der Waals surface area (Å²) in [5, 5.41) is 0.773. The van der Waals surface area contributed by atoms with E-state index in [1.54, 1.807) is 12.4 Å². The van der Waals surface area contributed by atoms with E-state index in [0.29, 0.717) is 5.56 Å². The van der Waals surface area contributed by atoms with E-state index < -0.39 is 0 Å².